The summed E-state index contributed by atoms with van der Waals surface area (Å²) in [7, 11) is 0. The number of amides is 1. The number of carbonyl (C=O) groups excluding carboxylic acids is 1. The van der Waals surface area contributed by atoms with Crippen LogP contribution in [0.1, 0.15) is 26.7 Å². The number of likely N-dealkylation sites (tertiary alicyclic amines) is 1. The van der Waals surface area contributed by atoms with Crippen LogP contribution in [0.5, 0.6) is 0 Å². The van der Waals surface area contributed by atoms with E-state index in [0.29, 0.717) is 17.9 Å². The summed E-state index contributed by atoms with van der Waals surface area (Å²) >= 11 is 0. The van der Waals surface area contributed by atoms with Crippen LogP contribution in [0.15, 0.2) is 12.7 Å². The summed E-state index contributed by atoms with van der Waals surface area (Å²) < 4.78 is 0. The van der Waals surface area contributed by atoms with Crippen molar-refractivity contribution in [1.29, 1.82) is 0 Å². The van der Waals surface area contributed by atoms with Gasteiger partial charge in [0.2, 0.25) is 5.91 Å². The van der Waals surface area contributed by atoms with Crippen LogP contribution in [0.2, 0.25) is 0 Å². The Kier molecular flexibility index (Phi) is 2.90. The van der Waals surface area contributed by atoms with E-state index in [1.165, 1.54) is 0 Å². The first-order valence-electron chi connectivity index (χ1n) is 4.59. The Balaban J connectivity index is 2.56. The Morgan fingerprint density at radius 2 is 2.25 bits per heavy atom. The van der Waals surface area contributed by atoms with Gasteiger partial charge in [0.25, 0.3) is 0 Å². The van der Waals surface area contributed by atoms with Crippen LogP contribution in [0.4, 0.5) is 0 Å². The van der Waals surface area contributed by atoms with Crippen molar-refractivity contribution in [3.63, 3.8) is 0 Å². The van der Waals surface area contributed by atoms with Crippen LogP contribution < -0.4 is 0 Å². The van der Waals surface area contributed by atoms with E-state index in [9.17, 15) is 4.79 Å². The molecule has 0 radical (unpaired) electrons. The van der Waals surface area contributed by atoms with E-state index in [0.717, 1.165) is 19.4 Å². The Morgan fingerprint density at radius 1 is 1.58 bits per heavy atom. The molecule has 0 saturated carbocycles. The third-order valence-corrected chi connectivity index (χ3v) is 2.73. The highest BCUT2D eigenvalue weighted by Crippen LogP contribution is 2.18. The second-order valence-corrected chi connectivity index (χ2v) is 3.53. The maximum Gasteiger partial charge on any atom is 0.222 e. The molecule has 2 nitrogen and oxygen atoms in total. The van der Waals surface area contributed by atoms with Crippen molar-refractivity contribution in [3.8, 4) is 0 Å². The Labute approximate surface area is 74.2 Å². The first-order valence-corrected chi connectivity index (χ1v) is 4.59. The number of rotatable bonds is 3. The predicted molar refractivity (Wildman–Crippen MR) is 49.8 cm³/mol. The summed E-state index contributed by atoms with van der Waals surface area (Å²) in [4.78, 5) is 13.3. The summed E-state index contributed by atoms with van der Waals surface area (Å²) in [5.41, 5.74) is 0. The number of carbonyl (C=O) groups is 1. The first kappa shape index (κ1) is 9.30. The highest BCUT2D eigenvalue weighted by atomic mass is 16.2. The van der Waals surface area contributed by atoms with Crippen molar-refractivity contribution in [3.05, 3.63) is 12.7 Å². The van der Waals surface area contributed by atoms with Crippen LogP contribution in [0.3, 0.4) is 0 Å². The molecule has 2 unspecified atom stereocenters. The molecule has 12 heavy (non-hydrogen) atoms. The molecule has 0 aromatic heterocycles. The van der Waals surface area contributed by atoms with Crippen LogP contribution in [-0.4, -0.2) is 23.4 Å². The standard InChI is InChI=1S/C10H17NO/c1-4-8(2)9(3)11-7-5-6-10(11)12/h4,8-9H,1,5-7H2,2-3H3. The highest BCUT2D eigenvalue weighted by molar-refractivity contribution is 5.78. The Hall–Kier alpha value is -0.790. The number of hydrogen-bond donors (Lipinski definition) is 0. The van der Waals surface area contributed by atoms with E-state index in [1.54, 1.807) is 0 Å². The molecule has 0 bridgehead atoms. The van der Waals surface area contributed by atoms with Crippen LogP contribution in [-0.2, 0) is 4.79 Å². The van der Waals surface area contributed by atoms with Gasteiger partial charge in [-0.15, -0.1) is 6.58 Å². The minimum atomic E-state index is 0.302. The monoisotopic (exact) mass is 167 g/mol. The molecular weight excluding hydrogens is 150 g/mol. The molecule has 68 valence electrons. The molecule has 1 heterocycles. The fourth-order valence-electron chi connectivity index (χ4n) is 1.58. The molecule has 1 amide bonds. The summed E-state index contributed by atoms with van der Waals surface area (Å²) in [6.07, 6.45) is 3.66. The zero-order chi connectivity index (χ0) is 9.14. The van der Waals surface area contributed by atoms with Gasteiger partial charge < -0.3 is 4.90 Å². The highest BCUT2D eigenvalue weighted by Gasteiger charge is 2.26. The lowest BCUT2D eigenvalue weighted by atomic mass is 10.0. The third-order valence-electron chi connectivity index (χ3n) is 2.73. The van der Waals surface area contributed by atoms with Gasteiger partial charge in [0.15, 0.2) is 0 Å². The third kappa shape index (κ3) is 1.68. The average molecular weight is 167 g/mol. The molecular formula is C10H17NO. The topological polar surface area (TPSA) is 20.3 Å². The second-order valence-electron chi connectivity index (χ2n) is 3.53. The van der Waals surface area contributed by atoms with Gasteiger partial charge in [-0.2, -0.15) is 0 Å². The smallest absolute Gasteiger partial charge is 0.222 e. The van der Waals surface area contributed by atoms with E-state index in [4.69, 9.17) is 0 Å². The molecule has 1 rings (SSSR count). The summed E-state index contributed by atoms with van der Waals surface area (Å²) in [6.45, 7) is 8.86. The molecule has 1 saturated heterocycles. The lowest BCUT2D eigenvalue weighted by Crippen LogP contribution is -2.37. The van der Waals surface area contributed by atoms with Crippen LogP contribution >= 0.6 is 0 Å². The molecule has 0 N–H and O–H groups in total. The van der Waals surface area contributed by atoms with Gasteiger partial charge in [-0.05, 0) is 19.3 Å². The Bertz CT molecular complexity index is 188. The SMILES string of the molecule is C=CC(C)C(C)N1CCCC1=O. The van der Waals surface area contributed by atoms with Crippen molar-refractivity contribution >= 4 is 5.91 Å². The van der Waals surface area contributed by atoms with Gasteiger partial charge >= 0.3 is 0 Å². The number of nitrogens with zero attached hydrogens (tertiary/aromatic N) is 1. The van der Waals surface area contributed by atoms with E-state index < -0.39 is 0 Å². The summed E-state index contributed by atoms with van der Waals surface area (Å²) in [5.74, 6) is 0.697. The molecule has 0 aromatic rings. The van der Waals surface area contributed by atoms with Gasteiger partial charge in [0.1, 0.15) is 0 Å². The van der Waals surface area contributed by atoms with E-state index in [2.05, 4.69) is 20.4 Å². The summed E-state index contributed by atoms with van der Waals surface area (Å²) in [5, 5.41) is 0. The second kappa shape index (κ2) is 3.74. The molecule has 1 aliphatic rings. The molecule has 0 aliphatic carbocycles. The normalized spacial score (nSPS) is 22.5. The van der Waals surface area contributed by atoms with Crippen molar-refractivity contribution in [2.45, 2.75) is 32.7 Å². The minimum absolute atomic E-state index is 0.302. The minimum Gasteiger partial charge on any atom is -0.339 e. The summed E-state index contributed by atoms with van der Waals surface area (Å²) in [6, 6.07) is 0.317. The van der Waals surface area contributed by atoms with Crippen LogP contribution in [0, 0.1) is 5.92 Å². The predicted octanol–water partition coefficient (Wildman–Crippen LogP) is 1.82. The molecule has 1 fully saturated rings. The van der Waals surface area contributed by atoms with Crippen molar-refractivity contribution in [2.75, 3.05) is 6.54 Å². The molecule has 0 spiro atoms. The fraction of sp³-hybridized carbons (Fsp3) is 0.700. The largest absolute Gasteiger partial charge is 0.339 e. The van der Waals surface area contributed by atoms with Gasteiger partial charge in [-0.25, -0.2) is 0 Å². The quantitative estimate of drug-likeness (QED) is 0.587. The van der Waals surface area contributed by atoms with Gasteiger partial charge in [-0.1, -0.05) is 13.0 Å². The van der Waals surface area contributed by atoms with Gasteiger partial charge in [0.05, 0.1) is 0 Å². The number of hydrogen-bond acceptors (Lipinski definition) is 1. The fourth-order valence-corrected chi connectivity index (χ4v) is 1.58. The molecule has 1 aliphatic heterocycles. The van der Waals surface area contributed by atoms with Gasteiger partial charge in [-0.3, -0.25) is 4.79 Å². The van der Waals surface area contributed by atoms with E-state index >= 15 is 0 Å². The van der Waals surface area contributed by atoms with Crippen molar-refractivity contribution in [2.24, 2.45) is 5.92 Å². The zero-order valence-electron chi connectivity index (χ0n) is 7.92. The molecule has 2 heteroatoms. The maximum atomic E-state index is 11.3. The molecule has 0 aromatic carbocycles. The zero-order valence-corrected chi connectivity index (χ0v) is 7.92. The van der Waals surface area contributed by atoms with Crippen molar-refractivity contribution in [1.82, 2.24) is 4.90 Å². The lowest BCUT2D eigenvalue weighted by Gasteiger charge is -2.27. The van der Waals surface area contributed by atoms with E-state index in [1.807, 2.05) is 11.0 Å². The lowest BCUT2D eigenvalue weighted by molar-refractivity contribution is -0.129. The van der Waals surface area contributed by atoms with Crippen molar-refractivity contribution < 1.29 is 4.79 Å². The van der Waals surface area contributed by atoms with E-state index in [-0.39, 0.29) is 0 Å². The van der Waals surface area contributed by atoms with Crippen LogP contribution in [0.25, 0.3) is 0 Å². The first-order chi connectivity index (χ1) is 5.66. The average Bonchev–Trinajstić information content (AvgIpc) is 2.48. The maximum absolute atomic E-state index is 11.3. The van der Waals surface area contributed by atoms with Gasteiger partial charge in [0, 0.05) is 19.0 Å². The molecule has 2 atom stereocenters. The Morgan fingerprint density at radius 3 is 2.67 bits per heavy atom.